The van der Waals surface area contributed by atoms with Crippen molar-refractivity contribution in [2.24, 2.45) is 0 Å². The number of nitriles is 1. The summed E-state index contributed by atoms with van der Waals surface area (Å²) in [5, 5.41) is 21.0. The molecule has 0 saturated carbocycles. The molecule has 0 atom stereocenters. The van der Waals surface area contributed by atoms with Gasteiger partial charge in [-0.05, 0) is 22.4 Å². The zero-order valence-electron chi connectivity index (χ0n) is 14.2. The van der Waals surface area contributed by atoms with E-state index in [4.69, 9.17) is 0 Å². The Morgan fingerprint density at radius 1 is 1.22 bits per heavy atom. The van der Waals surface area contributed by atoms with E-state index in [1.807, 2.05) is 48.5 Å². The molecule has 3 rings (SSSR count). The Hall–Kier alpha value is -3.09. The Balaban J connectivity index is 1.89. The van der Waals surface area contributed by atoms with Gasteiger partial charge in [0.05, 0.1) is 5.75 Å². The molecule has 1 amide bonds. The predicted octanol–water partition coefficient (Wildman–Crippen LogP) is 3.03. The second-order valence-corrected chi connectivity index (χ2v) is 8.90. The van der Waals surface area contributed by atoms with Gasteiger partial charge < -0.3 is 0 Å². The van der Waals surface area contributed by atoms with Crippen molar-refractivity contribution in [1.29, 1.82) is 5.26 Å². The van der Waals surface area contributed by atoms with Crippen molar-refractivity contribution in [1.82, 2.24) is 10.2 Å². The van der Waals surface area contributed by atoms with Crippen LogP contribution in [0.25, 0.3) is 16.8 Å². The third-order valence-corrected chi connectivity index (χ3v) is 6.78. The number of hydrogen-bond acceptors (Lipinski definition) is 7. The summed E-state index contributed by atoms with van der Waals surface area (Å²) in [5.74, 6) is -0.790. The number of aromatic nitrogens is 2. The molecule has 0 radical (unpaired) electrons. The fourth-order valence-electron chi connectivity index (χ4n) is 2.35. The second-order valence-electron chi connectivity index (χ2n) is 5.47. The third-order valence-electron chi connectivity index (χ3n) is 3.76. The Bertz CT molecular complexity index is 1190. The SMILES string of the molecule is CCS(=O)(=O)c1nnc(NC(=O)/C(C#N)=C/c2cccc3ccccc23)s1. The van der Waals surface area contributed by atoms with Crippen LogP contribution in [0.1, 0.15) is 12.5 Å². The van der Waals surface area contributed by atoms with Crippen molar-refractivity contribution in [3.8, 4) is 6.07 Å². The minimum atomic E-state index is -3.50. The van der Waals surface area contributed by atoms with Gasteiger partial charge in [0, 0.05) is 0 Å². The molecule has 0 saturated heterocycles. The van der Waals surface area contributed by atoms with E-state index < -0.39 is 15.7 Å². The zero-order valence-corrected chi connectivity index (χ0v) is 15.8. The van der Waals surface area contributed by atoms with E-state index in [0.29, 0.717) is 0 Å². The number of hydrogen-bond donors (Lipinski definition) is 1. The van der Waals surface area contributed by atoms with Crippen molar-refractivity contribution in [3.05, 3.63) is 53.6 Å². The van der Waals surface area contributed by atoms with E-state index in [1.54, 1.807) is 0 Å². The molecule has 0 aliphatic rings. The number of anilines is 1. The first-order valence-corrected chi connectivity index (χ1v) is 10.4. The van der Waals surface area contributed by atoms with Crippen molar-refractivity contribution < 1.29 is 13.2 Å². The summed E-state index contributed by atoms with van der Waals surface area (Å²) in [4.78, 5) is 12.4. The van der Waals surface area contributed by atoms with Gasteiger partial charge in [0.2, 0.25) is 19.3 Å². The summed E-state index contributed by atoms with van der Waals surface area (Å²) in [7, 11) is -3.50. The second kappa shape index (κ2) is 7.65. The average Bonchev–Trinajstić information content (AvgIpc) is 3.15. The lowest BCUT2D eigenvalue weighted by Crippen LogP contribution is -2.13. The summed E-state index contributed by atoms with van der Waals surface area (Å²) in [6.45, 7) is 1.50. The molecule has 3 aromatic rings. The molecule has 0 fully saturated rings. The van der Waals surface area contributed by atoms with Crippen LogP contribution in [0, 0.1) is 11.3 Å². The van der Waals surface area contributed by atoms with Crippen LogP contribution in [0.3, 0.4) is 0 Å². The van der Waals surface area contributed by atoms with Gasteiger partial charge in [-0.1, -0.05) is 60.7 Å². The quantitative estimate of drug-likeness (QED) is 0.401. The smallest absolute Gasteiger partial charge is 0.268 e. The lowest BCUT2D eigenvalue weighted by Gasteiger charge is -2.03. The maximum Gasteiger partial charge on any atom is 0.268 e. The molecule has 0 aliphatic carbocycles. The molecule has 0 unspecified atom stereocenters. The Labute approximate surface area is 159 Å². The number of benzene rings is 2. The van der Waals surface area contributed by atoms with Crippen molar-refractivity contribution in [3.63, 3.8) is 0 Å². The number of rotatable bonds is 5. The van der Waals surface area contributed by atoms with Gasteiger partial charge in [0.15, 0.2) is 0 Å². The fraction of sp³-hybridized carbons (Fsp3) is 0.111. The number of nitrogens with zero attached hydrogens (tertiary/aromatic N) is 3. The highest BCUT2D eigenvalue weighted by molar-refractivity contribution is 7.93. The van der Waals surface area contributed by atoms with Crippen LogP contribution < -0.4 is 5.32 Å². The van der Waals surface area contributed by atoms with E-state index in [2.05, 4.69) is 15.5 Å². The minimum Gasteiger partial charge on any atom is -0.296 e. The third kappa shape index (κ3) is 4.02. The van der Waals surface area contributed by atoms with Gasteiger partial charge in [-0.3, -0.25) is 10.1 Å². The van der Waals surface area contributed by atoms with E-state index in [0.717, 1.165) is 27.7 Å². The van der Waals surface area contributed by atoms with E-state index in [9.17, 15) is 18.5 Å². The minimum absolute atomic E-state index is 0.0195. The molecule has 27 heavy (non-hydrogen) atoms. The first-order valence-electron chi connectivity index (χ1n) is 7.92. The molecule has 1 heterocycles. The number of carbonyl (C=O) groups is 1. The maximum atomic E-state index is 12.4. The molecule has 9 heteroatoms. The van der Waals surface area contributed by atoms with Crippen LogP contribution in [0.5, 0.6) is 0 Å². The van der Waals surface area contributed by atoms with Gasteiger partial charge in [-0.15, -0.1) is 10.2 Å². The summed E-state index contributed by atoms with van der Waals surface area (Å²) >= 11 is 0.751. The Morgan fingerprint density at radius 2 is 1.96 bits per heavy atom. The first-order chi connectivity index (χ1) is 12.9. The van der Waals surface area contributed by atoms with Crippen molar-refractivity contribution in [2.75, 3.05) is 11.1 Å². The zero-order chi connectivity index (χ0) is 19.4. The van der Waals surface area contributed by atoms with Crippen molar-refractivity contribution >= 4 is 49.1 Å². The van der Waals surface area contributed by atoms with E-state index in [-0.39, 0.29) is 20.8 Å². The van der Waals surface area contributed by atoms with Gasteiger partial charge >= 0.3 is 0 Å². The van der Waals surface area contributed by atoms with Gasteiger partial charge in [0.1, 0.15) is 11.6 Å². The van der Waals surface area contributed by atoms with Gasteiger partial charge in [-0.2, -0.15) is 5.26 Å². The summed E-state index contributed by atoms with van der Waals surface area (Å²) in [6, 6.07) is 15.1. The van der Waals surface area contributed by atoms with Crippen molar-refractivity contribution in [2.45, 2.75) is 11.3 Å². The van der Waals surface area contributed by atoms with Crippen LogP contribution in [-0.2, 0) is 14.6 Å². The highest BCUT2D eigenvalue weighted by Crippen LogP contribution is 2.23. The monoisotopic (exact) mass is 398 g/mol. The Kier molecular flexibility index (Phi) is 5.30. The topological polar surface area (TPSA) is 113 Å². The largest absolute Gasteiger partial charge is 0.296 e. The fourth-order valence-corrected chi connectivity index (χ4v) is 4.34. The summed E-state index contributed by atoms with van der Waals surface area (Å²) in [5.41, 5.74) is 0.604. The molecule has 0 spiro atoms. The van der Waals surface area contributed by atoms with Gasteiger partial charge in [0.25, 0.3) is 5.91 Å². The number of carbonyl (C=O) groups excluding carboxylic acids is 1. The summed E-state index contributed by atoms with van der Waals surface area (Å²) in [6.07, 6.45) is 1.49. The van der Waals surface area contributed by atoms with E-state index in [1.165, 1.54) is 13.0 Å². The van der Waals surface area contributed by atoms with Crippen LogP contribution in [0.2, 0.25) is 0 Å². The van der Waals surface area contributed by atoms with Gasteiger partial charge in [-0.25, -0.2) is 8.42 Å². The Morgan fingerprint density at radius 3 is 2.70 bits per heavy atom. The van der Waals surface area contributed by atoms with Crippen LogP contribution in [0.15, 0.2) is 52.4 Å². The summed E-state index contributed by atoms with van der Waals surface area (Å²) < 4.78 is 23.4. The molecule has 1 N–H and O–H groups in total. The highest BCUT2D eigenvalue weighted by atomic mass is 32.2. The average molecular weight is 398 g/mol. The van der Waals surface area contributed by atoms with Crippen LogP contribution >= 0.6 is 11.3 Å². The van der Waals surface area contributed by atoms with E-state index >= 15 is 0 Å². The number of sulfone groups is 1. The molecule has 2 aromatic carbocycles. The first kappa shape index (κ1) is 18.7. The standard InChI is InChI=1S/C18H14N4O3S2/c1-2-27(24,25)18-22-21-17(26-18)20-16(23)14(11-19)10-13-8-5-7-12-6-3-4-9-15(12)13/h3-10H,2H2,1H3,(H,20,21,23)/b14-10+. The number of fused-ring (bicyclic) bond motifs is 1. The molecule has 0 bridgehead atoms. The molecule has 7 nitrogen and oxygen atoms in total. The molecule has 0 aliphatic heterocycles. The lowest BCUT2D eigenvalue weighted by atomic mass is 10.0. The molecule has 1 aromatic heterocycles. The highest BCUT2D eigenvalue weighted by Gasteiger charge is 2.20. The maximum absolute atomic E-state index is 12.4. The van der Waals surface area contributed by atoms with Crippen LogP contribution in [-0.4, -0.2) is 30.3 Å². The lowest BCUT2D eigenvalue weighted by molar-refractivity contribution is -0.112. The number of amides is 1. The predicted molar refractivity (Wildman–Crippen MR) is 104 cm³/mol. The molecule has 136 valence electrons. The number of nitrogens with one attached hydrogen (secondary N) is 1. The normalized spacial score (nSPS) is 11.9. The molecular weight excluding hydrogens is 384 g/mol. The molecular formula is C18H14N4O3S2. The van der Waals surface area contributed by atoms with Crippen LogP contribution in [0.4, 0.5) is 5.13 Å².